The maximum atomic E-state index is 11.9. The van der Waals surface area contributed by atoms with Gasteiger partial charge < -0.3 is 10.1 Å². The van der Waals surface area contributed by atoms with Crippen LogP contribution in [0.25, 0.3) is 0 Å². The van der Waals surface area contributed by atoms with E-state index in [1.165, 1.54) is 14.0 Å². The number of sulfonamides is 1. The predicted octanol–water partition coefficient (Wildman–Crippen LogP) is 0.424. The number of methoxy groups -OCH3 is 1. The minimum atomic E-state index is -3.42. The molecule has 2 N–H and O–H groups in total. The van der Waals surface area contributed by atoms with Crippen molar-refractivity contribution in [3.8, 4) is 5.88 Å². The Hall–Kier alpha value is -1.67. The van der Waals surface area contributed by atoms with E-state index in [2.05, 4.69) is 15.0 Å². The van der Waals surface area contributed by atoms with Gasteiger partial charge in [0.1, 0.15) is 0 Å². The van der Waals surface area contributed by atoms with E-state index in [0.717, 1.165) is 5.56 Å². The van der Waals surface area contributed by atoms with Crippen LogP contribution in [0.3, 0.4) is 0 Å². The first-order valence-corrected chi connectivity index (χ1v) is 8.30. The number of carbonyl (C=O) groups is 1. The Morgan fingerprint density at radius 2 is 2.19 bits per heavy atom. The number of rotatable bonds is 8. The van der Waals surface area contributed by atoms with Gasteiger partial charge in [-0.05, 0) is 19.4 Å². The van der Waals surface area contributed by atoms with Gasteiger partial charge in [-0.3, -0.25) is 4.79 Å². The molecule has 118 valence electrons. The Balaban J connectivity index is 2.57. The average Bonchev–Trinajstić information content (AvgIpc) is 2.44. The van der Waals surface area contributed by atoms with Crippen LogP contribution in [0.4, 0.5) is 0 Å². The molecule has 0 spiro atoms. The summed E-state index contributed by atoms with van der Waals surface area (Å²) in [4.78, 5) is 15.9. The standard InChI is InChI=1S/C13H21N3O4S/c1-4-8-21(18,19)16-10(2)12(17)15-9-11-6-5-7-14-13(11)20-3/h5-7,10,16H,4,8-9H2,1-3H3,(H,15,17)/t10-/m0/s1. The molecule has 1 atom stereocenters. The van der Waals surface area contributed by atoms with Gasteiger partial charge in [-0.2, -0.15) is 0 Å². The molecule has 0 aliphatic carbocycles. The van der Waals surface area contributed by atoms with Crippen molar-refractivity contribution in [1.82, 2.24) is 15.0 Å². The Morgan fingerprint density at radius 1 is 1.48 bits per heavy atom. The lowest BCUT2D eigenvalue weighted by Gasteiger charge is -2.14. The van der Waals surface area contributed by atoms with Crippen molar-refractivity contribution < 1.29 is 17.9 Å². The highest BCUT2D eigenvalue weighted by Gasteiger charge is 2.19. The van der Waals surface area contributed by atoms with Gasteiger partial charge >= 0.3 is 0 Å². The molecule has 1 amide bonds. The molecular formula is C13H21N3O4S. The summed E-state index contributed by atoms with van der Waals surface area (Å²) in [6.45, 7) is 3.48. The van der Waals surface area contributed by atoms with E-state index < -0.39 is 22.0 Å². The molecule has 1 heterocycles. The third-order valence-electron chi connectivity index (χ3n) is 2.72. The fraction of sp³-hybridized carbons (Fsp3) is 0.538. The first-order chi connectivity index (χ1) is 9.89. The van der Waals surface area contributed by atoms with E-state index in [0.29, 0.717) is 12.3 Å². The van der Waals surface area contributed by atoms with Gasteiger partial charge in [0.05, 0.1) is 18.9 Å². The molecule has 0 aliphatic heterocycles. The highest BCUT2D eigenvalue weighted by molar-refractivity contribution is 7.89. The number of nitrogens with zero attached hydrogens (tertiary/aromatic N) is 1. The van der Waals surface area contributed by atoms with E-state index in [1.807, 2.05) is 0 Å². The number of pyridine rings is 1. The average molecular weight is 315 g/mol. The molecule has 0 fully saturated rings. The number of aromatic nitrogens is 1. The maximum absolute atomic E-state index is 11.9. The van der Waals surface area contributed by atoms with Crippen LogP contribution >= 0.6 is 0 Å². The van der Waals surface area contributed by atoms with Crippen molar-refractivity contribution in [2.45, 2.75) is 32.9 Å². The summed E-state index contributed by atoms with van der Waals surface area (Å²) in [6.07, 6.45) is 2.09. The summed E-state index contributed by atoms with van der Waals surface area (Å²) in [6, 6.07) is 2.68. The third kappa shape index (κ3) is 5.68. The zero-order valence-electron chi connectivity index (χ0n) is 12.4. The summed E-state index contributed by atoms with van der Waals surface area (Å²) < 4.78 is 30.6. The lowest BCUT2D eigenvalue weighted by molar-refractivity contribution is -0.122. The third-order valence-corrected chi connectivity index (χ3v) is 4.38. The predicted molar refractivity (Wildman–Crippen MR) is 79.3 cm³/mol. The first kappa shape index (κ1) is 17.4. The van der Waals surface area contributed by atoms with Gasteiger partial charge in [0.25, 0.3) is 0 Å². The second-order valence-electron chi connectivity index (χ2n) is 4.55. The maximum Gasteiger partial charge on any atom is 0.238 e. The van der Waals surface area contributed by atoms with Crippen molar-refractivity contribution >= 4 is 15.9 Å². The molecule has 1 aromatic heterocycles. The van der Waals surface area contributed by atoms with Gasteiger partial charge in [-0.25, -0.2) is 18.1 Å². The molecule has 0 aliphatic rings. The minimum absolute atomic E-state index is 0.00104. The Labute approximate surface area is 125 Å². The van der Waals surface area contributed by atoms with Gasteiger partial charge in [0.2, 0.25) is 21.8 Å². The van der Waals surface area contributed by atoms with Crippen LogP contribution in [0, 0.1) is 0 Å². The second kappa shape index (κ2) is 7.94. The highest BCUT2D eigenvalue weighted by Crippen LogP contribution is 2.12. The lowest BCUT2D eigenvalue weighted by Crippen LogP contribution is -2.45. The van der Waals surface area contributed by atoms with E-state index in [-0.39, 0.29) is 12.3 Å². The second-order valence-corrected chi connectivity index (χ2v) is 6.42. The fourth-order valence-electron chi connectivity index (χ4n) is 1.73. The molecule has 0 saturated carbocycles. The summed E-state index contributed by atoms with van der Waals surface area (Å²) >= 11 is 0. The normalized spacial score (nSPS) is 12.7. The van der Waals surface area contributed by atoms with Gasteiger partial charge in [0, 0.05) is 18.3 Å². The molecule has 7 nitrogen and oxygen atoms in total. The molecule has 0 radical (unpaired) electrons. The monoisotopic (exact) mass is 315 g/mol. The Morgan fingerprint density at radius 3 is 2.81 bits per heavy atom. The number of amides is 1. The zero-order valence-corrected chi connectivity index (χ0v) is 13.2. The van der Waals surface area contributed by atoms with Crippen molar-refractivity contribution in [2.75, 3.05) is 12.9 Å². The van der Waals surface area contributed by atoms with Crippen LogP contribution in [0.15, 0.2) is 18.3 Å². The summed E-state index contributed by atoms with van der Waals surface area (Å²) in [7, 11) is -1.92. The fourth-order valence-corrected chi connectivity index (χ4v) is 3.03. The largest absolute Gasteiger partial charge is 0.481 e. The number of ether oxygens (including phenoxy) is 1. The molecule has 0 bridgehead atoms. The van der Waals surface area contributed by atoms with E-state index in [9.17, 15) is 13.2 Å². The minimum Gasteiger partial charge on any atom is -0.481 e. The first-order valence-electron chi connectivity index (χ1n) is 6.65. The van der Waals surface area contributed by atoms with Crippen LogP contribution in [0.1, 0.15) is 25.8 Å². The quantitative estimate of drug-likeness (QED) is 0.725. The summed E-state index contributed by atoms with van der Waals surface area (Å²) in [5.74, 6) is 0.0266. The molecule has 0 aromatic carbocycles. The highest BCUT2D eigenvalue weighted by atomic mass is 32.2. The number of hydrogen-bond donors (Lipinski definition) is 2. The topological polar surface area (TPSA) is 97.4 Å². The number of nitrogens with one attached hydrogen (secondary N) is 2. The smallest absolute Gasteiger partial charge is 0.238 e. The molecule has 0 saturated heterocycles. The molecule has 0 unspecified atom stereocenters. The molecule has 21 heavy (non-hydrogen) atoms. The Kier molecular flexibility index (Phi) is 6.57. The summed E-state index contributed by atoms with van der Waals surface area (Å²) in [5.41, 5.74) is 0.719. The summed E-state index contributed by atoms with van der Waals surface area (Å²) in [5, 5.41) is 2.65. The van der Waals surface area contributed by atoms with Gasteiger partial charge in [-0.15, -0.1) is 0 Å². The molecular weight excluding hydrogens is 294 g/mol. The SMILES string of the molecule is CCCS(=O)(=O)N[C@@H](C)C(=O)NCc1cccnc1OC. The van der Waals surface area contributed by atoms with Crippen LogP contribution in [-0.2, 0) is 21.4 Å². The van der Waals surface area contributed by atoms with Gasteiger partial charge in [-0.1, -0.05) is 13.0 Å². The van der Waals surface area contributed by atoms with Crippen molar-refractivity contribution in [3.05, 3.63) is 23.9 Å². The van der Waals surface area contributed by atoms with Crippen LogP contribution in [-0.4, -0.2) is 38.2 Å². The lowest BCUT2D eigenvalue weighted by atomic mass is 10.2. The van der Waals surface area contributed by atoms with Crippen molar-refractivity contribution in [3.63, 3.8) is 0 Å². The Bertz CT molecular complexity index is 575. The van der Waals surface area contributed by atoms with Gasteiger partial charge in [0.15, 0.2) is 0 Å². The van der Waals surface area contributed by atoms with Crippen molar-refractivity contribution in [2.24, 2.45) is 0 Å². The van der Waals surface area contributed by atoms with E-state index in [4.69, 9.17) is 4.74 Å². The van der Waals surface area contributed by atoms with Crippen LogP contribution in [0.5, 0.6) is 5.88 Å². The van der Waals surface area contributed by atoms with Crippen LogP contribution < -0.4 is 14.8 Å². The number of hydrogen-bond acceptors (Lipinski definition) is 5. The molecule has 1 rings (SSSR count). The van der Waals surface area contributed by atoms with Crippen molar-refractivity contribution in [1.29, 1.82) is 0 Å². The molecule has 1 aromatic rings. The van der Waals surface area contributed by atoms with E-state index >= 15 is 0 Å². The van der Waals surface area contributed by atoms with Crippen LogP contribution in [0.2, 0.25) is 0 Å². The van der Waals surface area contributed by atoms with E-state index in [1.54, 1.807) is 25.3 Å². The number of carbonyl (C=O) groups excluding carboxylic acids is 1. The molecule has 8 heteroatoms. The zero-order chi connectivity index (χ0) is 15.9.